The Morgan fingerprint density at radius 3 is 2.45 bits per heavy atom. The van der Waals surface area contributed by atoms with Gasteiger partial charge >= 0.3 is 0 Å². The molecule has 3 atom stereocenters. The van der Waals surface area contributed by atoms with Crippen molar-refractivity contribution in [1.29, 1.82) is 0 Å². The van der Waals surface area contributed by atoms with Crippen LogP contribution in [0.25, 0.3) is 0 Å². The van der Waals surface area contributed by atoms with Crippen LogP contribution in [0, 0.1) is 5.41 Å². The lowest BCUT2D eigenvalue weighted by Gasteiger charge is -2.36. The standard InChI is InChI=1S/C27H28ClNO2/c1-19(29-26(30)27(2)17-22-10-6-7-11-25(22)31-18-27)24(21-8-4-3-5-9-21)16-20-12-14-23(28)15-13-20/h3-15,19,24H,16-18H2,1-2H3,(H,29,30)/t19-,24+,27?/m0/s1. The van der Waals surface area contributed by atoms with Crippen LogP contribution in [0.1, 0.15) is 36.5 Å². The molecule has 0 aliphatic carbocycles. The Morgan fingerprint density at radius 1 is 1.03 bits per heavy atom. The molecule has 1 aliphatic rings. The van der Waals surface area contributed by atoms with E-state index in [9.17, 15) is 4.79 Å². The van der Waals surface area contributed by atoms with E-state index in [0.29, 0.717) is 13.0 Å². The van der Waals surface area contributed by atoms with Crippen LogP contribution in [0.5, 0.6) is 5.75 Å². The minimum absolute atomic E-state index is 0.0338. The monoisotopic (exact) mass is 433 g/mol. The largest absolute Gasteiger partial charge is 0.492 e. The summed E-state index contributed by atoms with van der Waals surface area (Å²) in [4.78, 5) is 13.4. The summed E-state index contributed by atoms with van der Waals surface area (Å²) in [6, 6.07) is 26.2. The maximum Gasteiger partial charge on any atom is 0.229 e. The van der Waals surface area contributed by atoms with Crippen molar-refractivity contribution in [2.75, 3.05) is 6.61 Å². The molecule has 3 aromatic rings. The molecule has 0 spiro atoms. The van der Waals surface area contributed by atoms with E-state index in [1.807, 2.05) is 61.5 Å². The van der Waals surface area contributed by atoms with Gasteiger partial charge in [-0.2, -0.15) is 0 Å². The molecule has 160 valence electrons. The van der Waals surface area contributed by atoms with Crippen LogP contribution in [-0.4, -0.2) is 18.6 Å². The molecule has 1 heterocycles. The maximum atomic E-state index is 13.4. The molecule has 0 fully saturated rings. The fraction of sp³-hybridized carbons (Fsp3) is 0.296. The lowest BCUT2D eigenvalue weighted by Crippen LogP contribution is -2.50. The van der Waals surface area contributed by atoms with Gasteiger partial charge < -0.3 is 10.1 Å². The average Bonchev–Trinajstić information content (AvgIpc) is 2.79. The summed E-state index contributed by atoms with van der Waals surface area (Å²) in [6.07, 6.45) is 1.49. The average molecular weight is 434 g/mol. The summed E-state index contributed by atoms with van der Waals surface area (Å²) < 4.78 is 5.92. The fourth-order valence-electron chi connectivity index (χ4n) is 4.28. The van der Waals surface area contributed by atoms with Gasteiger partial charge in [-0.05, 0) is 61.6 Å². The summed E-state index contributed by atoms with van der Waals surface area (Å²) >= 11 is 6.07. The Labute approximate surface area is 189 Å². The van der Waals surface area contributed by atoms with Gasteiger partial charge in [0.2, 0.25) is 5.91 Å². The smallest absolute Gasteiger partial charge is 0.229 e. The van der Waals surface area contributed by atoms with Gasteiger partial charge in [0.1, 0.15) is 12.4 Å². The second-order valence-electron chi connectivity index (χ2n) is 8.74. The van der Waals surface area contributed by atoms with Crippen molar-refractivity contribution >= 4 is 17.5 Å². The first-order chi connectivity index (χ1) is 14.9. The number of amides is 1. The van der Waals surface area contributed by atoms with Crippen molar-refractivity contribution in [2.24, 2.45) is 5.41 Å². The third-order valence-corrected chi connectivity index (χ3v) is 6.46. The molecule has 0 radical (unpaired) electrons. The zero-order chi connectivity index (χ0) is 21.8. The predicted molar refractivity (Wildman–Crippen MR) is 126 cm³/mol. The minimum atomic E-state index is -0.593. The molecule has 0 saturated heterocycles. The molecule has 0 aromatic heterocycles. The Hall–Kier alpha value is -2.78. The van der Waals surface area contributed by atoms with Crippen LogP contribution >= 0.6 is 11.6 Å². The second kappa shape index (κ2) is 9.15. The van der Waals surface area contributed by atoms with Gasteiger partial charge in [-0.3, -0.25) is 4.79 Å². The Morgan fingerprint density at radius 2 is 1.71 bits per heavy atom. The number of para-hydroxylation sites is 1. The van der Waals surface area contributed by atoms with Crippen LogP contribution in [0.15, 0.2) is 78.9 Å². The highest BCUT2D eigenvalue weighted by molar-refractivity contribution is 6.30. The fourth-order valence-corrected chi connectivity index (χ4v) is 4.41. The number of rotatable bonds is 6. The predicted octanol–water partition coefficient (Wildman–Crippen LogP) is 5.81. The van der Waals surface area contributed by atoms with Crippen LogP contribution < -0.4 is 10.1 Å². The van der Waals surface area contributed by atoms with E-state index in [0.717, 1.165) is 22.8 Å². The second-order valence-corrected chi connectivity index (χ2v) is 9.18. The van der Waals surface area contributed by atoms with Gasteiger partial charge in [0, 0.05) is 17.0 Å². The molecule has 1 aliphatic heterocycles. The molecular weight excluding hydrogens is 406 g/mol. The van der Waals surface area contributed by atoms with Crippen molar-refractivity contribution in [3.8, 4) is 5.75 Å². The summed E-state index contributed by atoms with van der Waals surface area (Å²) in [7, 11) is 0. The lowest BCUT2D eigenvalue weighted by molar-refractivity contribution is -0.133. The number of carbonyl (C=O) groups is 1. The zero-order valence-corrected chi connectivity index (χ0v) is 18.7. The Balaban J connectivity index is 1.52. The number of carbonyl (C=O) groups excluding carboxylic acids is 1. The number of fused-ring (bicyclic) bond motifs is 1. The topological polar surface area (TPSA) is 38.3 Å². The molecule has 31 heavy (non-hydrogen) atoms. The van der Waals surface area contributed by atoms with Crippen molar-refractivity contribution in [2.45, 2.75) is 38.6 Å². The Kier molecular flexibility index (Phi) is 6.33. The van der Waals surface area contributed by atoms with Crippen molar-refractivity contribution < 1.29 is 9.53 Å². The third kappa shape index (κ3) is 4.94. The quantitative estimate of drug-likeness (QED) is 0.532. The SMILES string of the molecule is C[C@H](NC(=O)C1(C)COc2ccccc2C1)[C@@H](Cc1ccc(Cl)cc1)c1ccccc1. The maximum absolute atomic E-state index is 13.4. The van der Waals surface area contributed by atoms with Crippen molar-refractivity contribution in [3.63, 3.8) is 0 Å². The molecule has 4 rings (SSSR count). The van der Waals surface area contributed by atoms with Crippen LogP contribution in [0.2, 0.25) is 5.02 Å². The molecule has 0 saturated carbocycles. The summed E-state index contributed by atoms with van der Waals surface area (Å²) in [6.45, 7) is 4.46. The molecule has 3 nitrogen and oxygen atoms in total. The number of benzene rings is 3. The van der Waals surface area contributed by atoms with Crippen LogP contribution in [0.3, 0.4) is 0 Å². The number of hydrogen-bond donors (Lipinski definition) is 1. The van der Waals surface area contributed by atoms with E-state index in [-0.39, 0.29) is 17.9 Å². The van der Waals surface area contributed by atoms with E-state index in [1.54, 1.807) is 0 Å². The minimum Gasteiger partial charge on any atom is -0.492 e. The van der Waals surface area contributed by atoms with Crippen molar-refractivity contribution in [3.05, 3.63) is 101 Å². The molecule has 3 aromatic carbocycles. The van der Waals surface area contributed by atoms with Crippen LogP contribution in [0.4, 0.5) is 0 Å². The van der Waals surface area contributed by atoms with E-state index in [1.165, 1.54) is 11.1 Å². The van der Waals surface area contributed by atoms with E-state index < -0.39 is 5.41 Å². The molecule has 4 heteroatoms. The van der Waals surface area contributed by atoms with E-state index in [2.05, 4.69) is 36.5 Å². The van der Waals surface area contributed by atoms with Crippen molar-refractivity contribution in [1.82, 2.24) is 5.32 Å². The summed E-state index contributed by atoms with van der Waals surface area (Å²) in [5.74, 6) is 1.06. The first-order valence-electron chi connectivity index (χ1n) is 10.8. The number of nitrogens with one attached hydrogen (secondary N) is 1. The summed E-state index contributed by atoms with van der Waals surface area (Å²) in [5.41, 5.74) is 2.89. The van der Waals surface area contributed by atoms with Crippen LogP contribution in [-0.2, 0) is 17.6 Å². The molecule has 1 amide bonds. The number of ether oxygens (including phenoxy) is 1. The number of hydrogen-bond acceptors (Lipinski definition) is 2. The van der Waals surface area contributed by atoms with Gasteiger partial charge in [0.25, 0.3) is 0 Å². The third-order valence-electron chi connectivity index (χ3n) is 6.21. The van der Waals surface area contributed by atoms with E-state index >= 15 is 0 Å². The highest BCUT2D eigenvalue weighted by Gasteiger charge is 2.39. The molecule has 1 unspecified atom stereocenters. The van der Waals surface area contributed by atoms with Gasteiger partial charge in [-0.25, -0.2) is 0 Å². The van der Waals surface area contributed by atoms with Gasteiger partial charge in [0.05, 0.1) is 5.41 Å². The first-order valence-corrected chi connectivity index (χ1v) is 11.1. The normalized spacial score (nSPS) is 19.6. The van der Waals surface area contributed by atoms with Gasteiger partial charge in [0.15, 0.2) is 0 Å². The molecular formula is C27H28ClNO2. The Bertz CT molecular complexity index is 1030. The molecule has 0 bridgehead atoms. The van der Waals surface area contributed by atoms with Gasteiger partial charge in [-0.1, -0.05) is 72.3 Å². The molecule has 1 N–H and O–H groups in total. The first kappa shape index (κ1) is 21.5. The lowest BCUT2D eigenvalue weighted by atomic mass is 9.80. The van der Waals surface area contributed by atoms with E-state index in [4.69, 9.17) is 16.3 Å². The zero-order valence-electron chi connectivity index (χ0n) is 18.0. The number of halogens is 1. The highest BCUT2D eigenvalue weighted by Crippen LogP contribution is 2.35. The summed E-state index contributed by atoms with van der Waals surface area (Å²) in [5, 5.41) is 4.03. The highest BCUT2D eigenvalue weighted by atomic mass is 35.5. The van der Waals surface area contributed by atoms with Gasteiger partial charge in [-0.15, -0.1) is 0 Å².